The maximum Gasteiger partial charge on any atom is 0.307 e. The summed E-state index contributed by atoms with van der Waals surface area (Å²) < 4.78 is 0. The molecule has 0 bridgehead atoms. The van der Waals surface area contributed by atoms with E-state index in [1.807, 2.05) is 0 Å². The van der Waals surface area contributed by atoms with E-state index in [-0.39, 0.29) is 6.42 Å². The van der Waals surface area contributed by atoms with Gasteiger partial charge in [-0.15, -0.1) is 0 Å². The molecule has 1 rings (SSSR count). The molecule has 70 valence electrons. The highest BCUT2D eigenvalue weighted by Crippen LogP contribution is 2.24. The van der Waals surface area contributed by atoms with E-state index in [0.29, 0.717) is 15.6 Å². The van der Waals surface area contributed by atoms with Gasteiger partial charge in [-0.05, 0) is 30.2 Å². The molecule has 0 aliphatic heterocycles. The molecule has 0 radical (unpaired) electrons. The predicted molar refractivity (Wildman–Crippen MR) is 52.5 cm³/mol. The van der Waals surface area contributed by atoms with Crippen molar-refractivity contribution in [3.05, 3.63) is 33.3 Å². The quantitative estimate of drug-likeness (QED) is 0.830. The molecule has 0 amide bonds. The molecule has 0 heterocycles. The topological polar surface area (TPSA) is 37.3 Å². The zero-order chi connectivity index (χ0) is 10.0. The summed E-state index contributed by atoms with van der Waals surface area (Å²) in [6, 6.07) is 3.22. The molecule has 0 fully saturated rings. The Balaban J connectivity index is 3.12. The van der Waals surface area contributed by atoms with E-state index in [2.05, 4.69) is 0 Å². The van der Waals surface area contributed by atoms with Crippen LogP contribution in [0, 0.1) is 6.92 Å². The molecule has 4 heteroatoms. The smallest absolute Gasteiger partial charge is 0.307 e. The first-order chi connectivity index (χ1) is 6.00. The SMILES string of the molecule is Cc1c(Cl)cc(Cl)cc1CC(=O)O. The van der Waals surface area contributed by atoms with Crippen LogP contribution in [-0.4, -0.2) is 11.1 Å². The van der Waals surface area contributed by atoms with Crippen molar-refractivity contribution in [1.29, 1.82) is 0 Å². The van der Waals surface area contributed by atoms with E-state index in [4.69, 9.17) is 28.3 Å². The number of carbonyl (C=O) groups is 1. The van der Waals surface area contributed by atoms with Gasteiger partial charge in [0.1, 0.15) is 0 Å². The van der Waals surface area contributed by atoms with Crippen LogP contribution in [0.25, 0.3) is 0 Å². The Morgan fingerprint density at radius 2 is 2.08 bits per heavy atom. The van der Waals surface area contributed by atoms with Crippen molar-refractivity contribution in [1.82, 2.24) is 0 Å². The minimum Gasteiger partial charge on any atom is -0.481 e. The van der Waals surface area contributed by atoms with Crippen LogP contribution < -0.4 is 0 Å². The second-order valence-corrected chi connectivity index (χ2v) is 3.59. The van der Waals surface area contributed by atoms with Gasteiger partial charge in [0.15, 0.2) is 0 Å². The molecule has 0 atom stereocenters. The van der Waals surface area contributed by atoms with Crippen molar-refractivity contribution in [2.75, 3.05) is 0 Å². The van der Waals surface area contributed by atoms with Gasteiger partial charge in [-0.25, -0.2) is 0 Å². The number of rotatable bonds is 2. The lowest BCUT2D eigenvalue weighted by atomic mass is 10.1. The molecule has 1 aromatic carbocycles. The fourth-order valence-electron chi connectivity index (χ4n) is 1.05. The van der Waals surface area contributed by atoms with Gasteiger partial charge in [0.25, 0.3) is 0 Å². The molecule has 0 aliphatic rings. The summed E-state index contributed by atoms with van der Waals surface area (Å²) in [7, 11) is 0. The Morgan fingerprint density at radius 3 is 2.62 bits per heavy atom. The maximum atomic E-state index is 10.5. The summed E-state index contributed by atoms with van der Waals surface area (Å²) in [5, 5.41) is 9.56. The first kappa shape index (κ1) is 10.4. The minimum atomic E-state index is -0.888. The average molecular weight is 219 g/mol. The highest BCUT2D eigenvalue weighted by Gasteiger charge is 2.08. The van der Waals surface area contributed by atoms with Crippen LogP contribution in [0.1, 0.15) is 11.1 Å². The van der Waals surface area contributed by atoms with Gasteiger partial charge in [-0.1, -0.05) is 23.2 Å². The lowest BCUT2D eigenvalue weighted by Crippen LogP contribution is -2.02. The van der Waals surface area contributed by atoms with E-state index in [1.54, 1.807) is 19.1 Å². The van der Waals surface area contributed by atoms with Gasteiger partial charge < -0.3 is 5.11 Å². The van der Waals surface area contributed by atoms with Crippen molar-refractivity contribution >= 4 is 29.2 Å². The summed E-state index contributed by atoms with van der Waals surface area (Å²) in [6.45, 7) is 1.77. The summed E-state index contributed by atoms with van der Waals surface area (Å²) in [5.74, 6) is -0.888. The highest BCUT2D eigenvalue weighted by atomic mass is 35.5. The first-order valence-electron chi connectivity index (χ1n) is 3.67. The van der Waals surface area contributed by atoms with Crippen LogP contribution in [0.4, 0.5) is 0 Å². The summed E-state index contributed by atoms with van der Waals surface area (Å²) >= 11 is 11.6. The summed E-state index contributed by atoms with van der Waals surface area (Å²) in [4.78, 5) is 10.5. The van der Waals surface area contributed by atoms with Gasteiger partial charge in [-0.3, -0.25) is 4.79 Å². The fraction of sp³-hybridized carbons (Fsp3) is 0.222. The number of halogens is 2. The Bertz CT molecular complexity index is 348. The van der Waals surface area contributed by atoms with Crippen LogP contribution in [0.3, 0.4) is 0 Å². The standard InChI is InChI=1S/C9H8Cl2O2/c1-5-6(3-9(12)13)2-7(10)4-8(5)11/h2,4H,3H2,1H3,(H,12,13). The monoisotopic (exact) mass is 218 g/mol. The van der Waals surface area contributed by atoms with E-state index in [0.717, 1.165) is 5.56 Å². The van der Waals surface area contributed by atoms with E-state index < -0.39 is 5.97 Å². The van der Waals surface area contributed by atoms with Gasteiger partial charge >= 0.3 is 5.97 Å². The van der Waals surface area contributed by atoms with E-state index in [9.17, 15) is 4.79 Å². The molecule has 0 saturated heterocycles. The van der Waals surface area contributed by atoms with Crippen molar-refractivity contribution in [3.8, 4) is 0 Å². The molecular weight excluding hydrogens is 211 g/mol. The number of carboxylic acid groups (broad SMARTS) is 1. The van der Waals surface area contributed by atoms with Crippen LogP contribution in [-0.2, 0) is 11.2 Å². The molecule has 0 saturated carbocycles. The molecule has 1 aromatic rings. The van der Waals surface area contributed by atoms with Gasteiger partial charge in [0.2, 0.25) is 0 Å². The highest BCUT2D eigenvalue weighted by molar-refractivity contribution is 6.35. The predicted octanol–water partition coefficient (Wildman–Crippen LogP) is 2.93. The third-order valence-corrected chi connectivity index (χ3v) is 2.37. The number of hydrogen-bond donors (Lipinski definition) is 1. The molecule has 1 N–H and O–H groups in total. The minimum absolute atomic E-state index is 0.0495. The Kier molecular flexibility index (Phi) is 3.17. The Morgan fingerprint density at radius 1 is 1.46 bits per heavy atom. The zero-order valence-corrected chi connectivity index (χ0v) is 8.49. The lowest BCUT2D eigenvalue weighted by Gasteiger charge is -2.05. The van der Waals surface area contributed by atoms with Crippen molar-refractivity contribution in [2.45, 2.75) is 13.3 Å². The Hall–Kier alpha value is -0.730. The average Bonchev–Trinajstić information content (AvgIpc) is 1.98. The molecule has 13 heavy (non-hydrogen) atoms. The number of aliphatic carboxylic acids is 1. The van der Waals surface area contributed by atoms with E-state index in [1.165, 1.54) is 0 Å². The molecule has 2 nitrogen and oxygen atoms in total. The van der Waals surface area contributed by atoms with Crippen LogP contribution in [0.2, 0.25) is 10.0 Å². The van der Waals surface area contributed by atoms with Crippen molar-refractivity contribution < 1.29 is 9.90 Å². The third-order valence-electron chi connectivity index (χ3n) is 1.76. The number of benzene rings is 1. The summed E-state index contributed by atoms with van der Waals surface area (Å²) in [5.41, 5.74) is 1.43. The van der Waals surface area contributed by atoms with Crippen LogP contribution in [0.15, 0.2) is 12.1 Å². The second kappa shape index (κ2) is 3.99. The number of carboxylic acids is 1. The van der Waals surface area contributed by atoms with Gasteiger partial charge in [0, 0.05) is 10.0 Å². The molecular formula is C9H8Cl2O2. The molecule has 0 unspecified atom stereocenters. The van der Waals surface area contributed by atoms with Gasteiger partial charge in [0.05, 0.1) is 6.42 Å². The summed E-state index contributed by atoms with van der Waals surface area (Å²) in [6.07, 6.45) is -0.0495. The maximum absolute atomic E-state index is 10.5. The van der Waals surface area contributed by atoms with Gasteiger partial charge in [-0.2, -0.15) is 0 Å². The second-order valence-electron chi connectivity index (χ2n) is 2.74. The lowest BCUT2D eigenvalue weighted by molar-refractivity contribution is -0.136. The van der Waals surface area contributed by atoms with Crippen molar-refractivity contribution in [3.63, 3.8) is 0 Å². The van der Waals surface area contributed by atoms with Crippen LogP contribution >= 0.6 is 23.2 Å². The largest absolute Gasteiger partial charge is 0.481 e. The fourth-order valence-corrected chi connectivity index (χ4v) is 1.58. The molecule has 0 aliphatic carbocycles. The molecule has 0 aromatic heterocycles. The van der Waals surface area contributed by atoms with Crippen molar-refractivity contribution in [2.24, 2.45) is 0 Å². The molecule has 0 spiro atoms. The van der Waals surface area contributed by atoms with E-state index >= 15 is 0 Å². The van der Waals surface area contributed by atoms with Crippen LogP contribution in [0.5, 0.6) is 0 Å². The Labute approximate surface area is 86.1 Å². The zero-order valence-electron chi connectivity index (χ0n) is 6.97. The number of hydrogen-bond acceptors (Lipinski definition) is 1. The third kappa shape index (κ3) is 2.61. The first-order valence-corrected chi connectivity index (χ1v) is 4.42. The normalized spacial score (nSPS) is 10.1.